The summed E-state index contributed by atoms with van der Waals surface area (Å²) in [5, 5.41) is 0. The second-order valence-corrected chi connectivity index (χ2v) is 7.18. The van der Waals surface area contributed by atoms with Crippen LogP contribution < -0.4 is 0 Å². The Morgan fingerprint density at radius 1 is 1.08 bits per heavy atom. The van der Waals surface area contributed by atoms with Crippen LogP contribution in [0.25, 0.3) is 0 Å². The number of carbonyl (C=O) groups is 2. The van der Waals surface area contributed by atoms with Gasteiger partial charge in [-0.05, 0) is 57.1 Å². The Labute approximate surface area is 159 Å². The van der Waals surface area contributed by atoms with Crippen molar-refractivity contribution in [1.82, 2.24) is 0 Å². The van der Waals surface area contributed by atoms with Crippen molar-refractivity contribution >= 4 is 20.9 Å². The lowest BCUT2D eigenvalue weighted by molar-refractivity contribution is -0.148. The molecule has 1 aliphatic carbocycles. The van der Waals surface area contributed by atoms with E-state index in [1.54, 1.807) is 0 Å². The maximum atomic E-state index is 13.3. The second-order valence-electron chi connectivity index (χ2n) is 7.18. The predicted molar refractivity (Wildman–Crippen MR) is 107 cm³/mol. The van der Waals surface area contributed by atoms with Crippen molar-refractivity contribution in [3.63, 3.8) is 0 Å². The Morgan fingerprint density at radius 2 is 1.62 bits per heavy atom. The fraction of sp³-hybridized carbons (Fsp3) is 0.619. The van der Waals surface area contributed by atoms with E-state index in [1.807, 2.05) is 39.8 Å². The van der Waals surface area contributed by atoms with Gasteiger partial charge in [-0.1, -0.05) is 48.4 Å². The van der Waals surface area contributed by atoms with E-state index in [2.05, 4.69) is 0 Å². The molecule has 0 N–H and O–H groups in total. The Hall–Kier alpha value is -1.54. The van der Waals surface area contributed by atoms with E-state index in [0.29, 0.717) is 12.2 Å². The zero-order chi connectivity index (χ0) is 19.7. The van der Waals surface area contributed by atoms with Crippen LogP contribution in [0.4, 0.5) is 0 Å². The van der Waals surface area contributed by atoms with Crippen LogP contribution in [0.15, 0.2) is 12.1 Å². The van der Waals surface area contributed by atoms with Gasteiger partial charge in [0.25, 0.3) is 0 Å². The van der Waals surface area contributed by atoms with E-state index in [-0.39, 0.29) is 17.7 Å². The van der Waals surface area contributed by atoms with Gasteiger partial charge in [0, 0.05) is 5.56 Å². The molecule has 26 heavy (non-hydrogen) atoms. The molecular formula is C21H32O4P+. The number of Topliss-reactive ketones (excluding diaryl/α,β-unsaturated/α-hetero) is 1. The molecule has 0 aromatic heterocycles. The second kappa shape index (κ2) is 11.2. The molecule has 0 spiro atoms. The smallest absolute Gasteiger partial charge is 0.317 e. The highest BCUT2D eigenvalue weighted by Crippen LogP contribution is 2.34. The first-order valence-electron chi connectivity index (χ1n) is 9.48. The van der Waals surface area contributed by atoms with Gasteiger partial charge < -0.3 is 4.74 Å². The van der Waals surface area contributed by atoms with Crippen molar-refractivity contribution in [2.75, 3.05) is 6.61 Å². The summed E-state index contributed by atoms with van der Waals surface area (Å²) in [4.78, 5) is 26.0. The van der Waals surface area contributed by atoms with Crippen molar-refractivity contribution in [3.8, 4) is 0 Å². The maximum Gasteiger partial charge on any atom is 0.317 e. The summed E-state index contributed by atoms with van der Waals surface area (Å²) in [6.07, 6.45) is 6.07. The minimum Gasteiger partial charge on any atom is -0.465 e. The van der Waals surface area contributed by atoms with Crippen molar-refractivity contribution in [1.29, 1.82) is 0 Å². The van der Waals surface area contributed by atoms with Gasteiger partial charge in [0.2, 0.25) is 0 Å². The average molecular weight is 379 g/mol. The summed E-state index contributed by atoms with van der Waals surface area (Å²) in [6.45, 7) is 8.31. The van der Waals surface area contributed by atoms with Gasteiger partial charge in [-0.25, -0.2) is 0 Å². The lowest BCUT2D eigenvalue weighted by Gasteiger charge is -2.28. The maximum absolute atomic E-state index is 13.3. The molecule has 1 aliphatic rings. The van der Waals surface area contributed by atoms with Crippen LogP contribution in [-0.4, -0.2) is 18.4 Å². The number of aryl methyl sites for hydroxylation is 3. The molecular weight excluding hydrogens is 347 g/mol. The molecule has 0 heterocycles. The molecule has 2 unspecified atom stereocenters. The van der Waals surface area contributed by atoms with Gasteiger partial charge in [-0.3, -0.25) is 9.59 Å². The fourth-order valence-corrected chi connectivity index (χ4v) is 4.00. The number of ketones is 1. The molecule has 1 aromatic carbocycles. The molecule has 4 nitrogen and oxygen atoms in total. The van der Waals surface area contributed by atoms with E-state index in [1.165, 1.54) is 15.5 Å². The molecule has 0 aliphatic heterocycles. The minimum absolute atomic E-state index is 0.0435. The first-order chi connectivity index (χ1) is 12.5. The minimum atomic E-state index is -0.642. The van der Waals surface area contributed by atoms with Crippen molar-refractivity contribution in [2.24, 2.45) is 11.8 Å². The summed E-state index contributed by atoms with van der Waals surface area (Å²) in [6, 6.07) is 4.05. The molecule has 1 fully saturated rings. The third kappa shape index (κ3) is 5.74. The van der Waals surface area contributed by atoms with Crippen LogP contribution >= 0.6 is 9.12 Å². The largest absolute Gasteiger partial charge is 0.465 e. The quantitative estimate of drug-likeness (QED) is 0.297. The molecule has 0 saturated heterocycles. The number of rotatable bonds is 6. The van der Waals surface area contributed by atoms with Gasteiger partial charge in [-0.15, -0.1) is 0 Å². The Morgan fingerprint density at radius 3 is 2.12 bits per heavy atom. The van der Waals surface area contributed by atoms with E-state index < -0.39 is 5.92 Å². The Balaban J connectivity index is 0.00000163. The zero-order valence-corrected chi connectivity index (χ0v) is 17.6. The highest BCUT2D eigenvalue weighted by atomic mass is 31.0. The average Bonchev–Trinajstić information content (AvgIpc) is 2.62. The molecule has 1 aromatic rings. The lowest BCUT2D eigenvalue weighted by atomic mass is 9.75. The van der Waals surface area contributed by atoms with Gasteiger partial charge in [0.15, 0.2) is 5.78 Å². The lowest BCUT2D eigenvalue weighted by Crippen LogP contribution is -2.35. The third-order valence-corrected chi connectivity index (χ3v) is 5.03. The van der Waals surface area contributed by atoms with Gasteiger partial charge in [0.05, 0.1) is 6.61 Å². The number of ether oxygens (including phenoxy) is 1. The molecule has 144 valence electrons. The first kappa shape index (κ1) is 22.5. The predicted octanol–water partition coefficient (Wildman–Crippen LogP) is 5.15. The molecule has 5 heteroatoms. The summed E-state index contributed by atoms with van der Waals surface area (Å²) in [7, 11) is 1.17. The summed E-state index contributed by atoms with van der Waals surface area (Å²) in [5.41, 5.74) is 3.78. The molecule has 2 rings (SSSR count). The normalized spacial score (nSPS) is 15.5. The van der Waals surface area contributed by atoms with Crippen LogP contribution in [-0.2, 0) is 14.1 Å². The zero-order valence-electron chi connectivity index (χ0n) is 16.5. The van der Waals surface area contributed by atoms with Crippen molar-refractivity contribution in [2.45, 2.75) is 66.2 Å². The number of esters is 1. The fourth-order valence-electron chi connectivity index (χ4n) is 4.00. The Bertz CT molecular complexity index is 597. The van der Waals surface area contributed by atoms with E-state index in [0.717, 1.165) is 48.8 Å². The Kier molecular flexibility index (Phi) is 9.72. The number of hydrogen-bond donors (Lipinski definition) is 0. The molecule has 1 saturated carbocycles. The van der Waals surface area contributed by atoms with Gasteiger partial charge >= 0.3 is 15.1 Å². The van der Waals surface area contributed by atoms with Crippen LogP contribution in [0.5, 0.6) is 0 Å². The van der Waals surface area contributed by atoms with Crippen molar-refractivity contribution in [3.05, 3.63) is 34.4 Å². The summed E-state index contributed by atoms with van der Waals surface area (Å²) >= 11 is 0. The SMILES string of the molecule is CCCOC(=O)C(C(=O)c1c(C)cc(C)cc1C)C1CCCCC1.O=[PH2+]. The van der Waals surface area contributed by atoms with Crippen LogP contribution in [0.1, 0.15) is 72.5 Å². The standard InChI is InChI=1S/C21H30O3.H2OP/c1-5-11-24-21(23)19(17-9-7-6-8-10-17)20(22)18-15(3)12-14(2)13-16(18)4;1-2/h12-13,17,19H,5-11H2,1-4H3;2H2/q;+1. The van der Waals surface area contributed by atoms with Crippen LogP contribution in [0.3, 0.4) is 0 Å². The topological polar surface area (TPSA) is 60.4 Å². The van der Waals surface area contributed by atoms with Crippen molar-refractivity contribution < 1.29 is 18.9 Å². The monoisotopic (exact) mass is 379 g/mol. The number of benzene rings is 1. The first-order valence-corrected chi connectivity index (χ1v) is 9.95. The van der Waals surface area contributed by atoms with Crippen LogP contribution in [0, 0.1) is 32.6 Å². The highest BCUT2D eigenvalue weighted by molar-refractivity contribution is 7.00. The molecule has 0 bridgehead atoms. The molecule has 2 atom stereocenters. The van der Waals surface area contributed by atoms with Gasteiger partial charge in [0.1, 0.15) is 5.92 Å². The van der Waals surface area contributed by atoms with Gasteiger partial charge in [-0.2, -0.15) is 0 Å². The summed E-state index contributed by atoms with van der Waals surface area (Å²) in [5.74, 6) is -0.890. The summed E-state index contributed by atoms with van der Waals surface area (Å²) < 4.78 is 13.6. The van der Waals surface area contributed by atoms with E-state index >= 15 is 0 Å². The van der Waals surface area contributed by atoms with E-state index in [9.17, 15) is 9.59 Å². The molecule has 0 amide bonds. The number of carbonyl (C=O) groups excluding carboxylic acids is 2. The highest BCUT2D eigenvalue weighted by Gasteiger charge is 2.38. The number of hydrogen-bond acceptors (Lipinski definition) is 4. The third-order valence-electron chi connectivity index (χ3n) is 5.03. The van der Waals surface area contributed by atoms with Crippen LogP contribution in [0.2, 0.25) is 0 Å². The molecule has 0 radical (unpaired) electrons. The van der Waals surface area contributed by atoms with E-state index in [4.69, 9.17) is 9.30 Å².